The van der Waals surface area contributed by atoms with Gasteiger partial charge in [-0.1, -0.05) is 12.8 Å². The van der Waals surface area contributed by atoms with Crippen LogP contribution in [0.25, 0.3) is 0 Å². The molecule has 2 fully saturated rings. The average Bonchev–Trinajstić information content (AvgIpc) is 2.89. The molecule has 1 heterocycles. The fourth-order valence-electron chi connectivity index (χ4n) is 2.99. The van der Waals surface area contributed by atoms with Crippen LogP contribution in [0.1, 0.15) is 61.5 Å². The lowest BCUT2D eigenvalue weighted by molar-refractivity contribution is 0.454. The second kappa shape index (κ2) is 4.45. The first-order chi connectivity index (χ1) is 8.25. The molecule has 0 aliphatic heterocycles. The number of hydrogen-bond acceptors (Lipinski definition) is 2. The van der Waals surface area contributed by atoms with Crippen LogP contribution >= 0.6 is 0 Å². The molecule has 2 aliphatic carbocycles. The Kier molecular flexibility index (Phi) is 2.95. The van der Waals surface area contributed by atoms with Crippen molar-refractivity contribution in [2.45, 2.75) is 71.0 Å². The van der Waals surface area contributed by atoms with Gasteiger partial charge in [-0.15, -0.1) is 0 Å². The first-order valence-corrected chi connectivity index (χ1v) is 7.03. The highest BCUT2D eigenvalue weighted by atomic mass is 15.3. The van der Waals surface area contributed by atoms with Gasteiger partial charge in [0.15, 0.2) is 0 Å². The molecule has 1 aromatic heterocycles. The summed E-state index contributed by atoms with van der Waals surface area (Å²) >= 11 is 0. The van der Waals surface area contributed by atoms with Crippen molar-refractivity contribution < 1.29 is 0 Å². The van der Waals surface area contributed by atoms with Crippen LogP contribution in [0.3, 0.4) is 0 Å². The summed E-state index contributed by atoms with van der Waals surface area (Å²) in [5.41, 5.74) is 4.05. The molecule has 3 nitrogen and oxygen atoms in total. The second-order valence-corrected chi connectivity index (χ2v) is 5.69. The van der Waals surface area contributed by atoms with E-state index in [1.54, 1.807) is 0 Å². The Morgan fingerprint density at radius 1 is 1.18 bits per heavy atom. The fourth-order valence-corrected chi connectivity index (χ4v) is 2.99. The highest BCUT2D eigenvalue weighted by molar-refractivity contribution is 5.25. The lowest BCUT2D eigenvalue weighted by atomic mass is 10.2. The Bertz CT molecular complexity index is 398. The van der Waals surface area contributed by atoms with E-state index in [-0.39, 0.29) is 0 Å². The highest BCUT2D eigenvalue weighted by Crippen LogP contribution is 2.31. The summed E-state index contributed by atoms with van der Waals surface area (Å²) in [4.78, 5) is 0. The molecule has 0 unspecified atom stereocenters. The van der Waals surface area contributed by atoms with Gasteiger partial charge in [-0.25, -0.2) is 0 Å². The molecular formula is C14H23N3. The van der Waals surface area contributed by atoms with Gasteiger partial charge in [0.05, 0.1) is 11.7 Å². The molecule has 2 saturated carbocycles. The number of hydrogen-bond donors (Lipinski definition) is 1. The van der Waals surface area contributed by atoms with Gasteiger partial charge in [0.2, 0.25) is 0 Å². The average molecular weight is 233 g/mol. The van der Waals surface area contributed by atoms with E-state index in [1.165, 1.54) is 55.5 Å². The van der Waals surface area contributed by atoms with Crippen molar-refractivity contribution in [3.05, 3.63) is 17.0 Å². The van der Waals surface area contributed by atoms with Gasteiger partial charge >= 0.3 is 0 Å². The van der Waals surface area contributed by atoms with Crippen molar-refractivity contribution in [1.29, 1.82) is 0 Å². The van der Waals surface area contributed by atoms with E-state index in [0.29, 0.717) is 6.04 Å². The topological polar surface area (TPSA) is 29.9 Å². The van der Waals surface area contributed by atoms with Gasteiger partial charge in [0.1, 0.15) is 0 Å². The maximum absolute atomic E-state index is 4.77. The first kappa shape index (κ1) is 11.3. The van der Waals surface area contributed by atoms with Crippen molar-refractivity contribution in [3.63, 3.8) is 0 Å². The summed E-state index contributed by atoms with van der Waals surface area (Å²) in [6, 6.07) is 1.45. The fraction of sp³-hybridized carbons (Fsp3) is 0.786. The van der Waals surface area contributed by atoms with Crippen LogP contribution in [-0.4, -0.2) is 15.8 Å². The molecule has 1 N–H and O–H groups in total. The molecule has 17 heavy (non-hydrogen) atoms. The van der Waals surface area contributed by atoms with Crippen LogP contribution in [0.4, 0.5) is 0 Å². The zero-order chi connectivity index (χ0) is 11.8. The number of nitrogens with one attached hydrogen (secondary N) is 1. The van der Waals surface area contributed by atoms with Crippen molar-refractivity contribution in [2.75, 3.05) is 0 Å². The molecule has 0 radical (unpaired) electrons. The van der Waals surface area contributed by atoms with Gasteiger partial charge in [-0.05, 0) is 39.5 Å². The predicted molar refractivity (Wildman–Crippen MR) is 69.1 cm³/mol. The van der Waals surface area contributed by atoms with Crippen LogP contribution in [0.5, 0.6) is 0 Å². The molecule has 0 amide bonds. The SMILES string of the molecule is Cc1nn(C2CCCC2)c(C)c1CNC1CC1. The van der Waals surface area contributed by atoms with Gasteiger partial charge < -0.3 is 5.32 Å². The summed E-state index contributed by atoms with van der Waals surface area (Å²) in [7, 11) is 0. The van der Waals surface area contributed by atoms with Crippen LogP contribution < -0.4 is 5.32 Å². The molecule has 0 aromatic carbocycles. The summed E-state index contributed by atoms with van der Waals surface area (Å²) in [5.74, 6) is 0. The van der Waals surface area contributed by atoms with Crippen molar-refractivity contribution in [2.24, 2.45) is 0 Å². The lowest BCUT2D eigenvalue weighted by Gasteiger charge is -2.12. The van der Waals surface area contributed by atoms with Crippen LogP contribution in [-0.2, 0) is 6.54 Å². The predicted octanol–water partition coefficient (Wildman–Crippen LogP) is 2.87. The smallest absolute Gasteiger partial charge is 0.0641 e. The van der Waals surface area contributed by atoms with E-state index in [2.05, 4.69) is 23.8 Å². The monoisotopic (exact) mass is 233 g/mol. The molecule has 0 bridgehead atoms. The minimum Gasteiger partial charge on any atom is -0.310 e. The van der Waals surface area contributed by atoms with Crippen molar-refractivity contribution in [3.8, 4) is 0 Å². The van der Waals surface area contributed by atoms with Gasteiger partial charge in [-0.3, -0.25) is 4.68 Å². The molecule has 3 rings (SSSR count). The molecular weight excluding hydrogens is 210 g/mol. The van der Waals surface area contributed by atoms with Gasteiger partial charge in [0, 0.05) is 23.8 Å². The van der Waals surface area contributed by atoms with E-state index < -0.39 is 0 Å². The van der Waals surface area contributed by atoms with Crippen molar-refractivity contribution in [1.82, 2.24) is 15.1 Å². The standard InChI is InChI=1S/C14H23N3/c1-10-14(9-15-12-7-8-12)11(2)17(16-10)13-5-3-4-6-13/h12-13,15H,3-9H2,1-2H3. The number of aromatic nitrogens is 2. The Morgan fingerprint density at radius 2 is 1.88 bits per heavy atom. The third kappa shape index (κ3) is 2.25. The molecule has 0 spiro atoms. The molecule has 1 aromatic rings. The van der Waals surface area contributed by atoms with E-state index in [9.17, 15) is 0 Å². The Morgan fingerprint density at radius 3 is 2.53 bits per heavy atom. The molecule has 3 heteroatoms. The normalized spacial score (nSPS) is 21.3. The zero-order valence-electron chi connectivity index (χ0n) is 11.0. The highest BCUT2D eigenvalue weighted by Gasteiger charge is 2.24. The van der Waals surface area contributed by atoms with Crippen LogP contribution in [0.2, 0.25) is 0 Å². The van der Waals surface area contributed by atoms with Gasteiger partial charge in [0.25, 0.3) is 0 Å². The third-order valence-corrected chi connectivity index (χ3v) is 4.29. The van der Waals surface area contributed by atoms with E-state index >= 15 is 0 Å². The first-order valence-electron chi connectivity index (χ1n) is 7.03. The summed E-state index contributed by atoms with van der Waals surface area (Å²) < 4.78 is 2.30. The number of rotatable bonds is 4. The van der Waals surface area contributed by atoms with Crippen molar-refractivity contribution >= 4 is 0 Å². The van der Waals surface area contributed by atoms with E-state index in [4.69, 9.17) is 5.10 Å². The Labute approximate surface area is 104 Å². The number of aryl methyl sites for hydroxylation is 1. The Hall–Kier alpha value is -0.830. The molecule has 0 atom stereocenters. The number of nitrogens with zero attached hydrogens (tertiary/aromatic N) is 2. The van der Waals surface area contributed by atoms with E-state index in [0.717, 1.165) is 12.6 Å². The van der Waals surface area contributed by atoms with Crippen LogP contribution in [0.15, 0.2) is 0 Å². The summed E-state index contributed by atoms with van der Waals surface area (Å²) in [6.45, 7) is 5.40. The second-order valence-electron chi connectivity index (χ2n) is 5.69. The van der Waals surface area contributed by atoms with Crippen LogP contribution in [0, 0.1) is 13.8 Å². The molecule has 2 aliphatic rings. The minimum atomic E-state index is 0.670. The molecule has 94 valence electrons. The lowest BCUT2D eigenvalue weighted by Crippen LogP contribution is -2.16. The maximum atomic E-state index is 4.77. The Balaban J connectivity index is 1.77. The maximum Gasteiger partial charge on any atom is 0.0641 e. The van der Waals surface area contributed by atoms with Gasteiger partial charge in [-0.2, -0.15) is 5.10 Å². The summed E-state index contributed by atoms with van der Waals surface area (Å²) in [5, 5.41) is 8.37. The third-order valence-electron chi connectivity index (χ3n) is 4.29. The molecule has 0 saturated heterocycles. The van der Waals surface area contributed by atoms with E-state index in [1.807, 2.05) is 0 Å². The minimum absolute atomic E-state index is 0.670. The largest absolute Gasteiger partial charge is 0.310 e. The summed E-state index contributed by atoms with van der Waals surface area (Å²) in [6.07, 6.45) is 8.09. The zero-order valence-corrected chi connectivity index (χ0v) is 11.0. The quantitative estimate of drug-likeness (QED) is 0.866.